The number of ketones is 1. The Labute approximate surface area is 183 Å². The van der Waals surface area contributed by atoms with Crippen LogP contribution in [0.5, 0.6) is 0 Å². The van der Waals surface area contributed by atoms with E-state index in [1.807, 2.05) is 12.2 Å². The summed E-state index contributed by atoms with van der Waals surface area (Å²) in [5, 5.41) is 2.06. The molecule has 1 atom stereocenters. The number of carbonyl (C=O) groups excluding carboxylic acids is 3. The normalized spacial score (nSPS) is 23.3. The summed E-state index contributed by atoms with van der Waals surface area (Å²) in [5.41, 5.74) is -4.75. The van der Waals surface area contributed by atoms with Crippen molar-refractivity contribution in [2.75, 3.05) is 6.54 Å². The Morgan fingerprint density at radius 3 is 2.48 bits per heavy atom. The van der Waals surface area contributed by atoms with E-state index >= 15 is 0 Å². The lowest BCUT2D eigenvalue weighted by molar-refractivity contribution is -0.190. The third-order valence-corrected chi connectivity index (χ3v) is 5.90. The summed E-state index contributed by atoms with van der Waals surface area (Å²) in [7, 11) is 0. The summed E-state index contributed by atoms with van der Waals surface area (Å²) in [6, 6.07) is 5.38. The van der Waals surface area contributed by atoms with Crippen LogP contribution < -0.4 is 5.32 Å². The van der Waals surface area contributed by atoms with Gasteiger partial charge in [0, 0.05) is 29.2 Å². The number of carbonyl (C=O) groups is 3. The first kappa shape index (κ1) is 23.3. The van der Waals surface area contributed by atoms with Crippen molar-refractivity contribution in [3.05, 3.63) is 46.1 Å². The van der Waals surface area contributed by atoms with Gasteiger partial charge in [0.25, 0.3) is 11.8 Å². The van der Waals surface area contributed by atoms with Crippen LogP contribution in [0.25, 0.3) is 0 Å². The molecule has 9 heteroatoms. The molecule has 31 heavy (non-hydrogen) atoms. The van der Waals surface area contributed by atoms with Gasteiger partial charge in [-0.15, -0.1) is 0 Å². The molecule has 168 valence electrons. The van der Waals surface area contributed by atoms with Gasteiger partial charge < -0.3 is 10.2 Å². The van der Waals surface area contributed by atoms with Crippen LogP contribution in [0.3, 0.4) is 0 Å². The fraction of sp³-hybridized carbons (Fsp3) is 0.500. The predicted octanol–water partition coefficient (Wildman–Crippen LogP) is 4.66. The zero-order valence-electron chi connectivity index (χ0n) is 17.5. The van der Waals surface area contributed by atoms with Crippen LogP contribution in [0.1, 0.15) is 56.8 Å². The zero-order chi connectivity index (χ0) is 23.2. The molecule has 0 fully saturated rings. The van der Waals surface area contributed by atoms with Crippen molar-refractivity contribution in [3.8, 4) is 0 Å². The van der Waals surface area contributed by atoms with E-state index in [1.165, 1.54) is 24.3 Å². The van der Waals surface area contributed by atoms with Gasteiger partial charge >= 0.3 is 6.18 Å². The first-order chi connectivity index (χ1) is 14.3. The van der Waals surface area contributed by atoms with E-state index in [4.69, 9.17) is 11.6 Å². The van der Waals surface area contributed by atoms with Crippen LogP contribution in [0.4, 0.5) is 13.2 Å². The van der Waals surface area contributed by atoms with Crippen molar-refractivity contribution in [2.45, 2.75) is 58.2 Å². The van der Waals surface area contributed by atoms with E-state index in [0.717, 1.165) is 4.90 Å². The second-order valence-electron chi connectivity index (χ2n) is 8.79. The Hall–Kier alpha value is -2.35. The maximum atomic E-state index is 14.6. The molecule has 5 nitrogen and oxygen atoms in total. The van der Waals surface area contributed by atoms with Crippen LogP contribution in [-0.4, -0.2) is 40.8 Å². The average Bonchev–Trinajstić information content (AvgIpc) is 2.87. The quantitative estimate of drug-likeness (QED) is 0.701. The van der Waals surface area contributed by atoms with Gasteiger partial charge in [-0.2, -0.15) is 13.2 Å². The number of rotatable bonds is 5. The maximum Gasteiger partial charge on any atom is 0.425 e. The van der Waals surface area contributed by atoms with Crippen molar-refractivity contribution in [1.29, 1.82) is 0 Å². The first-order valence-electron chi connectivity index (χ1n) is 10.1. The standard InChI is InChI=1S/C22H24ClF3N2O3/c1-4-5-9-28-15-11-20(2,3)12-16(29)17(15)21(19(28)31,22(24,25)26)27-18(30)13-7-6-8-14(23)10-13/h6-8,10H,4-5,9,11-12H2,1-3H3,(H,27,30)/t21-/m0/s1. The number of nitrogens with one attached hydrogen (secondary N) is 1. The average molecular weight is 457 g/mol. The second-order valence-corrected chi connectivity index (χ2v) is 9.22. The Balaban J connectivity index is 2.18. The topological polar surface area (TPSA) is 66.5 Å². The Morgan fingerprint density at radius 1 is 1.23 bits per heavy atom. The largest absolute Gasteiger partial charge is 0.425 e. The van der Waals surface area contributed by atoms with Crippen LogP contribution in [0.15, 0.2) is 35.5 Å². The molecule has 2 aliphatic rings. The number of unbranched alkanes of at least 4 members (excludes halogenated alkanes) is 1. The fourth-order valence-corrected chi connectivity index (χ4v) is 4.44. The Kier molecular flexibility index (Phi) is 5.99. The molecule has 0 unspecified atom stereocenters. The molecule has 0 radical (unpaired) electrons. The predicted molar refractivity (Wildman–Crippen MR) is 109 cm³/mol. The van der Waals surface area contributed by atoms with E-state index in [1.54, 1.807) is 13.8 Å². The number of halogens is 4. The molecule has 1 aliphatic heterocycles. The third kappa shape index (κ3) is 3.97. The van der Waals surface area contributed by atoms with E-state index in [0.29, 0.717) is 12.8 Å². The highest BCUT2D eigenvalue weighted by atomic mass is 35.5. The molecule has 0 saturated carbocycles. The highest BCUT2D eigenvalue weighted by molar-refractivity contribution is 6.31. The molecule has 0 saturated heterocycles. The van der Waals surface area contributed by atoms with Crippen molar-refractivity contribution in [3.63, 3.8) is 0 Å². The SMILES string of the molecule is CCCCN1C(=O)[C@](NC(=O)c2cccc(Cl)c2)(C(F)(F)F)C2=C1CC(C)(C)CC2=O. The molecule has 0 spiro atoms. The van der Waals surface area contributed by atoms with Gasteiger partial charge in [-0.1, -0.05) is 44.9 Å². The molecule has 1 N–H and O–H groups in total. The minimum absolute atomic E-state index is 0.0440. The first-order valence-corrected chi connectivity index (χ1v) is 10.5. The number of benzene rings is 1. The van der Waals surface area contributed by atoms with E-state index < -0.39 is 40.3 Å². The molecule has 1 aromatic carbocycles. The third-order valence-electron chi connectivity index (χ3n) is 5.67. The smallest absolute Gasteiger partial charge is 0.326 e. The van der Waals surface area contributed by atoms with Crippen molar-refractivity contribution in [1.82, 2.24) is 10.2 Å². The number of hydrogen-bond donors (Lipinski definition) is 1. The lowest BCUT2D eigenvalue weighted by atomic mass is 9.72. The monoisotopic (exact) mass is 456 g/mol. The lowest BCUT2D eigenvalue weighted by Gasteiger charge is -2.35. The molecule has 0 aromatic heterocycles. The van der Waals surface area contributed by atoms with Crippen molar-refractivity contribution >= 4 is 29.2 Å². The van der Waals surface area contributed by atoms with Crippen molar-refractivity contribution in [2.24, 2.45) is 5.41 Å². The summed E-state index contributed by atoms with van der Waals surface area (Å²) >= 11 is 5.86. The summed E-state index contributed by atoms with van der Waals surface area (Å²) in [6.07, 6.45) is -4.11. The minimum atomic E-state index is -5.21. The molecule has 1 aliphatic carbocycles. The van der Waals surface area contributed by atoms with Crippen LogP contribution in [0, 0.1) is 5.41 Å². The Bertz CT molecular complexity index is 971. The summed E-state index contributed by atoms with van der Waals surface area (Å²) in [5.74, 6) is -3.24. The van der Waals surface area contributed by atoms with Gasteiger partial charge in [-0.05, 0) is 36.5 Å². The van der Waals surface area contributed by atoms with Gasteiger partial charge in [-0.3, -0.25) is 14.4 Å². The number of alkyl halides is 3. The fourth-order valence-electron chi connectivity index (χ4n) is 4.25. The molecular weight excluding hydrogens is 433 g/mol. The molecule has 3 rings (SSSR count). The van der Waals surface area contributed by atoms with Gasteiger partial charge in [0.05, 0.1) is 5.57 Å². The second kappa shape index (κ2) is 7.97. The molecular formula is C22H24ClF3N2O3. The summed E-state index contributed by atoms with van der Waals surface area (Å²) < 4.78 is 43.7. The molecule has 2 amide bonds. The molecule has 1 heterocycles. The number of Topliss-reactive ketones (excluding diaryl/α,β-unsaturated/α-hetero) is 1. The van der Waals surface area contributed by atoms with Gasteiger partial charge in [0.15, 0.2) is 5.78 Å². The Morgan fingerprint density at radius 2 is 1.90 bits per heavy atom. The summed E-state index contributed by atoms with van der Waals surface area (Å²) in [4.78, 5) is 40.1. The van der Waals surface area contributed by atoms with E-state index in [-0.39, 0.29) is 35.7 Å². The number of nitrogens with zero attached hydrogens (tertiary/aromatic N) is 1. The zero-order valence-corrected chi connectivity index (χ0v) is 18.3. The molecule has 0 bridgehead atoms. The van der Waals surface area contributed by atoms with Crippen LogP contribution >= 0.6 is 11.6 Å². The van der Waals surface area contributed by atoms with Gasteiger partial charge in [0.2, 0.25) is 5.54 Å². The van der Waals surface area contributed by atoms with Gasteiger partial charge in [-0.25, -0.2) is 0 Å². The number of amides is 2. The number of hydrogen-bond acceptors (Lipinski definition) is 3. The summed E-state index contributed by atoms with van der Waals surface area (Å²) in [6.45, 7) is 5.44. The van der Waals surface area contributed by atoms with Crippen molar-refractivity contribution < 1.29 is 27.6 Å². The van der Waals surface area contributed by atoms with E-state index in [2.05, 4.69) is 0 Å². The van der Waals surface area contributed by atoms with Crippen LogP contribution in [0.2, 0.25) is 5.02 Å². The highest BCUT2D eigenvalue weighted by Crippen LogP contribution is 2.51. The van der Waals surface area contributed by atoms with Gasteiger partial charge in [0.1, 0.15) is 0 Å². The number of allylic oxidation sites excluding steroid dienone is 1. The van der Waals surface area contributed by atoms with Crippen LogP contribution in [-0.2, 0) is 9.59 Å². The minimum Gasteiger partial charge on any atom is -0.326 e. The van der Waals surface area contributed by atoms with E-state index in [9.17, 15) is 27.6 Å². The maximum absolute atomic E-state index is 14.6. The lowest BCUT2D eigenvalue weighted by Crippen LogP contribution is -2.66. The highest BCUT2D eigenvalue weighted by Gasteiger charge is 2.71. The molecule has 1 aromatic rings.